The van der Waals surface area contributed by atoms with Crippen molar-refractivity contribution in [1.29, 1.82) is 0 Å². The number of carbonyl (C=O) groups excluding carboxylic acids is 1. The van der Waals surface area contributed by atoms with E-state index >= 15 is 0 Å². The van der Waals surface area contributed by atoms with Gasteiger partial charge >= 0.3 is 0 Å². The number of hydrogen-bond acceptors (Lipinski definition) is 2. The normalized spacial score (nSPS) is 12.2. The molecule has 2 aromatic rings. The van der Waals surface area contributed by atoms with Gasteiger partial charge in [0, 0.05) is 0 Å². The number of ketones is 1. The highest BCUT2D eigenvalue weighted by Crippen LogP contribution is 2.25. The first-order valence-corrected chi connectivity index (χ1v) is 5.87. The Balaban J connectivity index is 2.48. The van der Waals surface area contributed by atoms with Crippen molar-refractivity contribution in [2.45, 2.75) is 19.8 Å². The predicted molar refractivity (Wildman–Crippen MR) is 67.9 cm³/mol. The lowest BCUT2D eigenvalue weighted by Gasteiger charge is -2.14. The van der Waals surface area contributed by atoms with Crippen LogP contribution in [0, 0.1) is 18.6 Å². The Kier molecular flexibility index (Phi) is 3.69. The van der Waals surface area contributed by atoms with Crippen LogP contribution in [0.5, 0.6) is 0 Å². The summed E-state index contributed by atoms with van der Waals surface area (Å²) in [4.78, 5) is 15.7. The minimum absolute atomic E-state index is 0.120. The average Bonchev–Trinajstić information content (AvgIpc) is 2.36. The van der Waals surface area contributed by atoms with Crippen LogP contribution in [-0.2, 0) is 4.79 Å². The van der Waals surface area contributed by atoms with Crippen molar-refractivity contribution in [3.63, 3.8) is 0 Å². The molecule has 0 aliphatic heterocycles. The van der Waals surface area contributed by atoms with Gasteiger partial charge in [0.15, 0.2) is 0 Å². The van der Waals surface area contributed by atoms with Crippen LogP contribution in [0.15, 0.2) is 36.5 Å². The standard InChI is InChI=1S/C15H13F2NO/c1-9-7-11(3-5-13(9)17)15(10(2)19)14-6-4-12(16)8-18-14/h3-8,15H,1-2H3. The summed E-state index contributed by atoms with van der Waals surface area (Å²) in [5.74, 6) is -1.50. The largest absolute Gasteiger partial charge is 0.299 e. The summed E-state index contributed by atoms with van der Waals surface area (Å²) in [6.07, 6.45) is 1.07. The van der Waals surface area contributed by atoms with Gasteiger partial charge in [-0.1, -0.05) is 12.1 Å². The van der Waals surface area contributed by atoms with Gasteiger partial charge < -0.3 is 0 Å². The summed E-state index contributed by atoms with van der Waals surface area (Å²) in [7, 11) is 0. The Morgan fingerprint density at radius 3 is 2.47 bits per heavy atom. The molecule has 98 valence electrons. The zero-order valence-electron chi connectivity index (χ0n) is 10.7. The summed E-state index contributed by atoms with van der Waals surface area (Å²) in [6, 6.07) is 7.23. The summed E-state index contributed by atoms with van der Waals surface area (Å²) in [5.41, 5.74) is 1.58. The van der Waals surface area contributed by atoms with E-state index in [0.717, 1.165) is 6.20 Å². The fourth-order valence-corrected chi connectivity index (χ4v) is 2.02. The maximum absolute atomic E-state index is 13.3. The van der Waals surface area contributed by atoms with Gasteiger partial charge in [-0.05, 0) is 43.2 Å². The third-order valence-corrected chi connectivity index (χ3v) is 2.97. The summed E-state index contributed by atoms with van der Waals surface area (Å²) >= 11 is 0. The van der Waals surface area contributed by atoms with Gasteiger partial charge in [0.25, 0.3) is 0 Å². The molecule has 0 N–H and O–H groups in total. The van der Waals surface area contributed by atoms with Crippen LogP contribution < -0.4 is 0 Å². The van der Waals surface area contributed by atoms with Crippen molar-refractivity contribution < 1.29 is 13.6 Å². The van der Waals surface area contributed by atoms with Crippen LogP contribution in [0.2, 0.25) is 0 Å². The Morgan fingerprint density at radius 2 is 1.95 bits per heavy atom. The number of rotatable bonds is 3. The van der Waals surface area contributed by atoms with E-state index in [1.165, 1.54) is 25.1 Å². The predicted octanol–water partition coefficient (Wildman–Crippen LogP) is 3.39. The van der Waals surface area contributed by atoms with Crippen molar-refractivity contribution in [2.24, 2.45) is 0 Å². The first-order valence-electron chi connectivity index (χ1n) is 5.87. The van der Waals surface area contributed by atoms with E-state index in [9.17, 15) is 13.6 Å². The lowest BCUT2D eigenvalue weighted by Crippen LogP contribution is -2.12. The second kappa shape index (κ2) is 5.26. The van der Waals surface area contributed by atoms with Crippen LogP contribution >= 0.6 is 0 Å². The number of aromatic nitrogens is 1. The van der Waals surface area contributed by atoms with Crippen LogP contribution in [0.4, 0.5) is 8.78 Å². The average molecular weight is 261 g/mol. The second-order valence-electron chi connectivity index (χ2n) is 4.45. The van der Waals surface area contributed by atoms with Crippen LogP contribution in [0.3, 0.4) is 0 Å². The number of carbonyl (C=O) groups is 1. The Morgan fingerprint density at radius 1 is 1.21 bits per heavy atom. The van der Waals surface area contributed by atoms with Gasteiger partial charge in [0.1, 0.15) is 17.4 Å². The Labute approximate surface area is 110 Å². The van der Waals surface area contributed by atoms with Crippen molar-refractivity contribution in [2.75, 3.05) is 0 Å². The molecule has 0 amide bonds. The number of benzene rings is 1. The van der Waals surface area contributed by atoms with E-state index in [1.807, 2.05) is 0 Å². The molecule has 2 rings (SSSR count). The van der Waals surface area contributed by atoms with E-state index in [-0.39, 0.29) is 11.6 Å². The third-order valence-electron chi connectivity index (χ3n) is 2.97. The topological polar surface area (TPSA) is 30.0 Å². The molecule has 0 spiro atoms. The Bertz CT molecular complexity index is 608. The first-order chi connectivity index (χ1) is 8.99. The molecule has 0 aliphatic carbocycles. The smallest absolute Gasteiger partial charge is 0.143 e. The highest BCUT2D eigenvalue weighted by Gasteiger charge is 2.21. The fourth-order valence-electron chi connectivity index (χ4n) is 2.02. The molecule has 4 heteroatoms. The van der Waals surface area contributed by atoms with Crippen LogP contribution in [0.25, 0.3) is 0 Å². The zero-order chi connectivity index (χ0) is 14.0. The summed E-state index contributed by atoms with van der Waals surface area (Å²) in [5, 5.41) is 0. The van der Waals surface area contributed by atoms with E-state index in [1.54, 1.807) is 19.1 Å². The molecule has 2 nitrogen and oxygen atoms in total. The number of Topliss-reactive ketones (excluding diaryl/α,β-unsaturated/α-hetero) is 1. The van der Waals surface area contributed by atoms with Crippen molar-refractivity contribution in [3.05, 3.63) is 65.0 Å². The molecule has 0 fully saturated rings. The van der Waals surface area contributed by atoms with E-state index in [4.69, 9.17) is 0 Å². The molecular weight excluding hydrogens is 248 g/mol. The zero-order valence-corrected chi connectivity index (χ0v) is 10.7. The van der Waals surface area contributed by atoms with Gasteiger partial charge in [0.2, 0.25) is 0 Å². The fraction of sp³-hybridized carbons (Fsp3) is 0.200. The van der Waals surface area contributed by atoms with Crippen LogP contribution in [0.1, 0.15) is 29.7 Å². The minimum Gasteiger partial charge on any atom is -0.299 e. The van der Waals surface area contributed by atoms with Crippen molar-refractivity contribution in [3.8, 4) is 0 Å². The van der Waals surface area contributed by atoms with E-state index < -0.39 is 11.7 Å². The summed E-state index contributed by atoms with van der Waals surface area (Å²) < 4.78 is 26.1. The highest BCUT2D eigenvalue weighted by atomic mass is 19.1. The maximum atomic E-state index is 13.3. The van der Waals surface area contributed by atoms with Gasteiger partial charge in [-0.3, -0.25) is 9.78 Å². The molecule has 0 aliphatic rings. The molecule has 1 unspecified atom stereocenters. The molecule has 1 aromatic heterocycles. The van der Waals surface area contributed by atoms with Crippen LogP contribution in [-0.4, -0.2) is 10.8 Å². The number of nitrogens with zero attached hydrogens (tertiary/aromatic N) is 1. The van der Waals surface area contributed by atoms with Crippen molar-refractivity contribution in [1.82, 2.24) is 4.98 Å². The molecule has 0 saturated carbocycles. The number of halogens is 2. The molecular formula is C15H13F2NO. The van der Waals surface area contributed by atoms with Gasteiger partial charge in [0.05, 0.1) is 17.8 Å². The maximum Gasteiger partial charge on any atom is 0.143 e. The SMILES string of the molecule is CC(=O)C(c1ccc(F)c(C)c1)c1ccc(F)cn1. The molecule has 0 saturated heterocycles. The van der Waals surface area contributed by atoms with Gasteiger partial charge in [-0.15, -0.1) is 0 Å². The molecule has 1 atom stereocenters. The second-order valence-corrected chi connectivity index (χ2v) is 4.45. The molecule has 19 heavy (non-hydrogen) atoms. The lowest BCUT2D eigenvalue weighted by molar-refractivity contribution is -0.117. The quantitative estimate of drug-likeness (QED) is 0.847. The highest BCUT2D eigenvalue weighted by molar-refractivity contribution is 5.86. The molecule has 0 bridgehead atoms. The molecule has 1 aromatic carbocycles. The van der Waals surface area contributed by atoms with E-state index in [0.29, 0.717) is 16.8 Å². The third kappa shape index (κ3) is 2.84. The molecule has 0 radical (unpaired) electrons. The number of hydrogen-bond donors (Lipinski definition) is 0. The number of aryl methyl sites for hydroxylation is 1. The Hall–Kier alpha value is -2.10. The minimum atomic E-state index is -0.597. The van der Waals surface area contributed by atoms with Gasteiger partial charge in [-0.25, -0.2) is 8.78 Å². The van der Waals surface area contributed by atoms with Gasteiger partial charge in [-0.2, -0.15) is 0 Å². The molecule has 1 heterocycles. The number of pyridine rings is 1. The summed E-state index contributed by atoms with van der Waals surface area (Å²) in [6.45, 7) is 3.07. The first kappa shape index (κ1) is 13.3. The monoisotopic (exact) mass is 261 g/mol. The van der Waals surface area contributed by atoms with Crippen molar-refractivity contribution >= 4 is 5.78 Å². The van der Waals surface area contributed by atoms with E-state index in [2.05, 4.69) is 4.98 Å². The lowest BCUT2D eigenvalue weighted by atomic mass is 9.90.